The fraction of sp³-hybridized carbons (Fsp3) is 0.118. The van der Waals surface area contributed by atoms with Gasteiger partial charge in [0.2, 0.25) is 6.79 Å². The molecule has 0 saturated carbocycles. The van der Waals surface area contributed by atoms with Crippen molar-refractivity contribution in [3.8, 4) is 22.1 Å². The highest BCUT2D eigenvalue weighted by molar-refractivity contribution is 7.16. The third kappa shape index (κ3) is 2.40. The van der Waals surface area contributed by atoms with Crippen LogP contribution >= 0.6 is 11.3 Å². The molecule has 3 heterocycles. The maximum absolute atomic E-state index is 5.41. The zero-order valence-corrected chi connectivity index (χ0v) is 12.8. The molecule has 1 N–H and O–H groups in total. The first-order valence-electron chi connectivity index (χ1n) is 6.98. The average Bonchev–Trinajstić information content (AvgIpc) is 3.15. The molecule has 4 rings (SSSR count). The quantitative estimate of drug-likeness (QED) is 0.768. The van der Waals surface area contributed by atoms with Gasteiger partial charge in [0.1, 0.15) is 0 Å². The number of fused-ring (bicyclic) bond motifs is 1. The number of anilines is 2. The Morgan fingerprint density at radius 3 is 2.86 bits per heavy atom. The first-order chi connectivity index (χ1) is 10.8. The molecule has 1 aromatic carbocycles. The van der Waals surface area contributed by atoms with E-state index in [2.05, 4.69) is 23.3 Å². The summed E-state index contributed by atoms with van der Waals surface area (Å²) in [6.07, 6.45) is 1.81. The predicted octanol–water partition coefficient (Wildman–Crippen LogP) is 4.59. The number of aryl methyl sites for hydroxylation is 1. The van der Waals surface area contributed by atoms with Crippen LogP contribution in [0.3, 0.4) is 0 Å². The number of aromatic nitrogens is 1. The Kier molecular flexibility index (Phi) is 3.20. The first-order valence-corrected chi connectivity index (χ1v) is 7.80. The summed E-state index contributed by atoms with van der Waals surface area (Å²) in [6.45, 7) is 2.40. The number of pyridine rings is 1. The molecule has 110 valence electrons. The standard InChI is InChI=1S/C17H14N2O2S/c1-11-14(9-17(22-11)13-4-2-3-7-18-13)19-12-5-6-15-16(8-12)21-10-20-15/h2-9,19H,10H2,1H3. The van der Waals surface area contributed by atoms with Crippen molar-refractivity contribution in [3.63, 3.8) is 0 Å². The molecule has 0 unspecified atom stereocenters. The van der Waals surface area contributed by atoms with Crippen molar-refractivity contribution in [1.82, 2.24) is 4.98 Å². The normalized spacial score (nSPS) is 12.4. The van der Waals surface area contributed by atoms with Gasteiger partial charge in [-0.15, -0.1) is 11.3 Å². The third-order valence-corrected chi connectivity index (χ3v) is 4.56. The van der Waals surface area contributed by atoms with Gasteiger partial charge in [0, 0.05) is 22.8 Å². The molecule has 3 aromatic rings. The molecule has 1 aliphatic heterocycles. The summed E-state index contributed by atoms with van der Waals surface area (Å²) in [7, 11) is 0. The molecule has 1 aliphatic rings. The lowest BCUT2D eigenvalue weighted by Gasteiger charge is -2.06. The number of thiophene rings is 1. The van der Waals surface area contributed by atoms with Gasteiger partial charge in [-0.05, 0) is 37.3 Å². The molecule has 0 bridgehead atoms. The van der Waals surface area contributed by atoms with Crippen molar-refractivity contribution in [2.75, 3.05) is 12.1 Å². The molecular formula is C17H14N2O2S. The minimum atomic E-state index is 0.292. The summed E-state index contributed by atoms with van der Waals surface area (Å²) in [5.41, 5.74) is 3.07. The summed E-state index contributed by atoms with van der Waals surface area (Å²) in [5, 5.41) is 3.44. The van der Waals surface area contributed by atoms with Crippen molar-refractivity contribution in [2.45, 2.75) is 6.92 Å². The van der Waals surface area contributed by atoms with E-state index in [-0.39, 0.29) is 0 Å². The smallest absolute Gasteiger partial charge is 0.231 e. The molecule has 4 nitrogen and oxygen atoms in total. The summed E-state index contributed by atoms with van der Waals surface area (Å²) >= 11 is 1.73. The summed E-state index contributed by atoms with van der Waals surface area (Å²) in [5.74, 6) is 1.57. The number of ether oxygens (including phenoxy) is 2. The van der Waals surface area contributed by atoms with Crippen LogP contribution in [0.4, 0.5) is 11.4 Å². The van der Waals surface area contributed by atoms with Crippen LogP contribution in [0.1, 0.15) is 4.88 Å². The van der Waals surface area contributed by atoms with E-state index in [1.54, 1.807) is 11.3 Å². The van der Waals surface area contributed by atoms with E-state index in [4.69, 9.17) is 9.47 Å². The van der Waals surface area contributed by atoms with E-state index in [1.165, 1.54) is 4.88 Å². The fourth-order valence-electron chi connectivity index (χ4n) is 2.37. The summed E-state index contributed by atoms with van der Waals surface area (Å²) in [6, 6.07) is 14.0. The molecule has 0 aliphatic carbocycles. The highest BCUT2D eigenvalue weighted by Gasteiger charge is 2.14. The van der Waals surface area contributed by atoms with Crippen molar-refractivity contribution < 1.29 is 9.47 Å². The van der Waals surface area contributed by atoms with Gasteiger partial charge >= 0.3 is 0 Å². The van der Waals surface area contributed by atoms with Crippen LogP contribution in [0.2, 0.25) is 0 Å². The molecule has 0 fully saturated rings. The number of hydrogen-bond donors (Lipinski definition) is 1. The van der Waals surface area contributed by atoms with Crippen molar-refractivity contribution >= 4 is 22.7 Å². The van der Waals surface area contributed by atoms with Gasteiger partial charge in [-0.2, -0.15) is 0 Å². The van der Waals surface area contributed by atoms with E-state index in [9.17, 15) is 0 Å². The second-order valence-electron chi connectivity index (χ2n) is 4.99. The van der Waals surface area contributed by atoms with Gasteiger partial charge in [-0.3, -0.25) is 4.98 Å². The van der Waals surface area contributed by atoms with E-state index in [0.29, 0.717) is 6.79 Å². The van der Waals surface area contributed by atoms with Crippen LogP contribution in [0.15, 0.2) is 48.7 Å². The van der Waals surface area contributed by atoms with Gasteiger partial charge in [-0.25, -0.2) is 0 Å². The van der Waals surface area contributed by atoms with Gasteiger partial charge < -0.3 is 14.8 Å². The van der Waals surface area contributed by atoms with Crippen LogP contribution in [0.5, 0.6) is 11.5 Å². The number of hydrogen-bond acceptors (Lipinski definition) is 5. The molecule has 2 aromatic heterocycles. The van der Waals surface area contributed by atoms with Crippen LogP contribution in [-0.2, 0) is 0 Å². The van der Waals surface area contributed by atoms with Gasteiger partial charge in [0.25, 0.3) is 0 Å². The number of nitrogens with one attached hydrogen (secondary N) is 1. The Hall–Kier alpha value is -2.53. The third-order valence-electron chi connectivity index (χ3n) is 3.49. The van der Waals surface area contributed by atoms with Crippen LogP contribution < -0.4 is 14.8 Å². The molecule has 0 atom stereocenters. The predicted molar refractivity (Wildman–Crippen MR) is 88.1 cm³/mol. The Balaban J connectivity index is 1.62. The molecule has 0 radical (unpaired) electrons. The van der Waals surface area contributed by atoms with Gasteiger partial charge in [-0.1, -0.05) is 6.07 Å². The second-order valence-corrected chi connectivity index (χ2v) is 6.24. The van der Waals surface area contributed by atoms with Crippen molar-refractivity contribution in [3.05, 3.63) is 53.5 Å². The first kappa shape index (κ1) is 13.2. The van der Waals surface area contributed by atoms with E-state index >= 15 is 0 Å². The zero-order valence-electron chi connectivity index (χ0n) is 12.0. The van der Waals surface area contributed by atoms with E-state index in [1.807, 2.05) is 42.6 Å². The molecule has 22 heavy (non-hydrogen) atoms. The lowest BCUT2D eigenvalue weighted by atomic mass is 10.2. The van der Waals surface area contributed by atoms with Gasteiger partial charge in [0.15, 0.2) is 11.5 Å². The Labute approximate surface area is 132 Å². The average molecular weight is 310 g/mol. The maximum Gasteiger partial charge on any atom is 0.231 e. The molecular weight excluding hydrogens is 296 g/mol. The Morgan fingerprint density at radius 2 is 2.00 bits per heavy atom. The minimum absolute atomic E-state index is 0.292. The monoisotopic (exact) mass is 310 g/mol. The molecule has 0 saturated heterocycles. The zero-order chi connectivity index (χ0) is 14.9. The molecule has 0 amide bonds. The Morgan fingerprint density at radius 1 is 1.09 bits per heavy atom. The summed E-state index contributed by atoms with van der Waals surface area (Å²) in [4.78, 5) is 6.78. The highest BCUT2D eigenvalue weighted by Crippen LogP contribution is 2.38. The van der Waals surface area contributed by atoms with E-state index in [0.717, 1.165) is 33.4 Å². The summed E-state index contributed by atoms with van der Waals surface area (Å²) < 4.78 is 10.7. The number of rotatable bonds is 3. The SMILES string of the molecule is Cc1sc(-c2ccccn2)cc1Nc1ccc2c(c1)OCO2. The fourth-order valence-corrected chi connectivity index (χ4v) is 3.32. The Bertz CT molecular complexity index is 815. The molecule has 0 spiro atoms. The lowest BCUT2D eigenvalue weighted by molar-refractivity contribution is 0.174. The van der Waals surface area contributed by atoms with E-state index < -0.39 is 0 Å². The van der Waals surface area contributed by atoms with Crippen LogP contribution in [0.25, 0.3) is 10.6 Å². The van der Waals surface area contributed by atoms with Crippen LogP contribution in [-0.4, -0.2) is 11.8 Å². The number of nitrogens with zero attached hydrogens (tertiary/aromatic N) is 1. The largest absolute Gasteiger partial charge is 0.454 e. The molecule has 5 heteroatoms. The number of benzene rings is 1. The minimum Gasteiger partial charge on any atom is -0.454 e. The van der Waals surface area contributed by atoms with Crippen molar-refractivity contribution in [1.29, 1.82) is 0 Å². The topological polar surface area (TPSA) is 43.4 Å². The maximum atomic E-state index is 5.41. The second kappa shape index (κ2) is 5.35. The van der Waals surface area contributed by atoms with Crippen LogP contribution in [0, 0.1) is 6.92 Å². The highest BCUT2D eigenvalue weighted by atomic mass is 32.1. The van der Waals surface area contributed by atoms with Crippen molar-refractivity contribution in [2.24, 2.45) is 0 Å². The lowest BCUT2D eigenvalue weighted by Crippen LogP contribution is -1.93. The van der Waals surface area contributed by atoms with Gasteiger partial charge in [0.05, 0.1) is 16.3 Å².